The van der Waals surface area contributed by atoms with Gasteiger partial charge in [0.15, 0.2) is 0 Å². The average molecular weight is 274 g/mol. The minimum absolute atomic E-state index is 0.0157. The predicted octanol–water partition coefficient (Wildman–Crippen LogP) is 1.22. The van der Waals surface area contributed by atoms with Crippen LogP contribution in [0.1, 0.15) is 41.6 Å². The molecule has 0 atom stereocenters. The first-order valence-electron chi connectivity index (χ1n) is 6.99. The van der Waals surface area contributed by atoms with E-state index < -0.39 is 5.60 Å². The SMILES string of the molecule is O=C1CCc2cc(C(=O)NCC3(O)CCC3)ccc2N1. The highest BCUT2D eigenvalue weighted by atomic mass is 16.3. The number of carbonyl (C=O) groups excluding carboxylic acids is 2. The van der Waals surface area contributed by atoms with Crippen LogP contribution < -0.4 is 10.6 Å². The third-order valence-corrected chi connectivity index (χ3v) is 4.13. The van der Waals surface area contributed by atoms with E-state index in [-0.39, 0.29) is 11.8 Å². The Hall–Kier alpha value is -1.88. The lowest BCUT2D eigenvalue weighted by Gasteiger charge is -2.36. The van der Waals surface area contributed by atoms with E-state index in [0.717, 1.165) is 30.5 Å². The van der Waals surface area contributed by atoms with Gasteiger partial charge in [-0.2, -0.15) is 0 Å². The Morgan fingerprint density at radius 2 is 2.15 bits per heavy atom. The number of aliphatic hydroxyl groups is 1. The zero-order chi connectivity index (χ0) is 14.2. The number of fused-ring (bicyclic) bond motifs is 1. The summed E-state index contributed by atoms with van der Waals surface area (Å²) in [6.45, 7) is 0.305. The number of hydrogen-bond acceptors (Lipinski definition) is 3. The summed E-state index contributed by atoms with van der Waals surface area (Å²) in [6, 6.07) is 5.28. The molecule has 0 unspecified atom stereocenters. The van der Waals surface area contributed by atoms with Crippen LogP contribution in [0.25, 0.3) is 0 Å². The van der Waals surface area contributed by atoms with Gasteiger partial charge in [-0.05, 0) is 49.4 Å². The molecule has 5 heteroatoms. The molecule has 1 saturated carbocycles. The molecule has 1 aromatic carbocycles. The van der Waals surface area contributed by atoms with Crippen molar-refractivity contribution in [3.05, 3.63) is 29.3 Å². The van der Waals surface area contributed by atoms with Gasteiger partial charge in [-0.25, -0.2) is 0 Å². The van der Waals surface area contributed by atoms with Gasteiger partial charge < -0.3 is 15.7 Å². The van der Waals surface area contributed by atoms with Gasteiger partial charge in [-0.1, -0.05) is 0 Å². The minimum Gasteiger partial charge on any atom is -0.388 e. The highest BCUT2D eigenvalue weighted by Gasteiger charge is 2.34. The molecular formula is C15H18N2O3. The molecule has 0 radical (unpaired) electrons. The molecule has 2 aliphatic rings. The largest absolute Gasteiger partial charge is 0.388 e. The summed E-state index contributed by atoms with van der Waals surface area (Å²) in [5.41, 5.74) is 1.63. The van der Waals surface area contributed by atoms with Crippen molar-refractivity contribution in [3.63, 3.8) is 0 Å². The second-order valence-corrected chi connectivity index (χ2v) is 5.68. The smallest absolute Gasteiger partial charge is 0.251 e. The van der Waals surface area contributed by atoms with E-state index in [1.807, 2.05) is 6.07 Å². The van der Waals surface area contributed by atoms with E-state index >= 15 is 0 Å². The summed E-state index contributed by atoms with van der Waals surface area (Å²) in [5, 5.41) is 15.5. The van der Waals surface area contributed by atoms with E-state index in [1.54, 1.807) is 12.1 Å². The van der Waals surface area contributed by atoms with Crippen LogP contribution in [0.4, 0.5) is 5.69 Å². The van der Waals surface area contributed by atoms with Crippen LogP contribution in [-0.4, -0.2) is 29.1 Å². The first-order valence-corrected chi connectivity index (χ1v) is 6.99. The fourth-order valence-corrected chi connectivity index (χ4v) is 2.63. The highest BCUT2D eigenvalue weighted by Crippen LogP contribution is 2.30. The summed E-state index contributed by atoms with van der Waals surface area (Å²) in [4.78, 5) is 23.4. The van der Waals surface area contributed by atoms with Crippen molar-refractivity contribution in [1.29, 1.82) is 0 Å². The summed E-state index contributed by atoms with van der Waals surface area (Å²) in [5.74, 6) is -0.160. The van der Waals surface area contributed by atoms with Crippen molar-refractivity contribution in [3.8, 4) is 0 Å². The maximum absolute atomic E-state index is 12.1. The molecule has 0 aromatic heterocycles. The van der Waals surface area contributed by atoms with Gasteiger partial charge in [-0.15, -0.1) is 0 Å². The molecule has 0 spiro atoms. The Kier molecular flexibility index (Phi) is 3.22. The predicted molar refractivity (Wildman–Crippen MR) is 74.5 cm³/mol. The van der Waals surface area contributed by atoms with Gasteiger partial charge in [0, 0.05) is 24.2 Å². The van der Waals surface area contributed by atoms with Crippen LogP contribution in [0.3, 0.4) is 0 Å². The lowest BCUT2D eigenvalue weighted by Crippen LogP contribution is -2.47. The maximum atomic E-state index is 12.1. The third-order valence-electron chi connectivity index (χ3n) is 4.13. The molecule has 3 N–H and O–H groups in total. The standard InChI is InChI=1S/C15H18N2O3/c18-13-5-3-10-8-11(2-4-12(10)17-13)14(19)16-9-15(20)6-1-7-15/h2,4,8,20H,1,3,5-7,9H2,(H,16,19)(H,17,18). The van der Waals surface area contributed by atoms with Gasteiger partial charge in [0.2, 0.25) is 5.91 Å². The Morgan fingerprint density at radius 1 is 1.35 bits per heavy atom. The summed E-state index contributed by atoms with van der Waals surface area (Å²) < 4.78 is 0. The quantitative estimate of drug-likeness (QED) is 0.775. The van der Waals surface area contributed by atoms with E-state index in [0.29, 0.717) is 24.9 Å². The molecule has 3 rings (SSSR count). The number of anilines is 1. The van der Waals surface area contributed by atoms with E-state index in [2.05, 4.69) is 10.6 Å². The van der Waals surface area contributed by atoms with Crippen molar-refractivity contribution >= 4 is 17.5 Å². The van der Waals surface area contributed by atoms with Gasteiger partial charge in [0.1, 0.15) is 0 Å². The van der Waals surface area contributed by atoms with Crippen molar-refractivity contribution in [2.75, 3.05) is 11.9 Å². The fraction of sp³-hybridized carbons (Fsp3) is 0.467. The van der Waals surface area contributed by atoms with Crippen molar-refractivity contribution in [2.45, 2.75) is 37.7 Å². The summed E-state index contributed by atoms with van der Waals surface area (Å²) >= 11 is 0. The lowest BCUT2D eigenvalue weighted by molar-refractivity contribution is -0.116. The molecule has 0 saturated heterocycles. The van der Waals surface area contributed by atoms with E-state index in [1.165, 1.54) is 0 Å². The fourth-order valence-electron chi connectivity index (χ4n) is 2.63. The van der Waals surface area contributed by atoms with Crippen LogP contribution >= 0.6 is 0 Å². The third kappa shape index (κ3) is 2.54. The Balaban J connectivity index is 1.67. The van der Waals surface area contributed by atoms with Crippen LogP contribution in [0, 0.1) is 0 Å². The van der Waals surface area contributed by atoms with Crippen molar-refractivity contribution < 1.29 is 14.7 Å². The van der Waals surface area contributed by atoms with Crippen molar-refractivity contribution in [2.24, 2.45) is 0 Å². The normalized spacial score (nSPS) is 19.6. The molecule has 1 aliphatic heterocycles. The molecule has 1 heterocycles. The van der Waals surface area contributed by atoms with Crippen LogP contribution in [0.2, 0.25) is 0 Å². The van der Waals surface area contributed by atoms with Gasteiger partial charge in [0.25, 0.3) is 5.91 Å². The topological polar surface area (TPSA) is 78.4 Å². The number of nitrogens with one attached hydrogen (secondary N) is 2. The Bertz CT molecular complexity index is 564. The number of rotatable bonds is 3. The Labute approximate surface area is 117 Å². The van der Waals surface area contributed by atoms with Crippen LogP contribution in [-0.2, 0) is 11.2 Å². The van der Waals surface area contributed by atoms with Crippen LogP contribution in [0.5, 0.6) is 0 Å². The number of aryl methyl sites for hydroxylation is 1. The summed E-state index contributed by atoms with van der Waals surface area (Å²) in [6.07, 6.45) is 3.64. The molecule has 2 amide bonds. The molecule has 0 bridgehead atoms. The molecule has 1 fully saturated rings. The zero-order valence-electron chi connectivity index (χ0n) is 11.2. The van der Waals surface area contributed by atoms with Gasteiger partial charge in [0.05, 0.1) is 5.60 Å². The monoisotopic (exact) mass is 274 g/mol. The number of hydrogen-bond donors (Lipinski definition) is 3. The maximum Gasteiger partial charge on any atom is 0.251 e. The van der Waals surface area contributed by atoms with Crippen molar-refractivity contribution in [1.82, 2.24) is 5.32 Å². The second-order valence-electron chi connectivity index (χ2n) is 5.68. The second kappa shape index (κ2) is 4.90. The van der Waals surface area contributed by atoms with Gasteiger partial charge in [-0.3, -0.25) is 9.59 Å². The first kappa shape index (κ1) is 13.1. The lowest BCUT2D eigenvalue weighted by atomic mass is 9.80. The number of amides is 2. The number of carbonyl (C=O) groups is 2. The average Bonchev–Trinajstić information content (AvgIpc) is 2.42. The van der Waals surface area contributed by atoms with Crippen LogP contribution in [0.15, 0.2) is 18.2 Å². The highest BCUT2D eigenvalue weighted by molar-refractivity contribution is 5.97. The molecule has 106 valence electrons. The van der Waals surface area contributed by atoms with Gasteiger partial charge >= 0.3 is 0 Å². The molecular weight excluding hydrogens is 256 g/mol. The van der Waals surface area contributed by atoms with E-state index in [9.17, 15) is 14.7 Å². The molecule has 1 aromatic rings. The zero-order valence-corrected chi connectivity index (χ0v) is 11.2. The molecule has 1 aliphatic carbocycles. The minimum atomic E-state index is -0.710. The van der Waals surface area contributed by atoms with E-state index in [4.69, 9.17) is 0 Å². The molecule has 5 nitrogen and oxygen atoms in total. The Morgan fingerprint density at radius 3 is 2.85 bits per heavy atom. The summed E-state index contributed by atoms with van der Waals surface area (Å²) in [7, 11) is 0. The number of benzene rings is 1. The first-order chi connectivity index (χ1) is 9.56. The molecule has 20 heavy (non-hydrogen) atoms.